The molecule has 0 radical (unpaired) electrons. The van der Waals surface area contributed by atoms with Crippen molar-refractivity contribution in [3.63, 3.8) is 0 Å². The highest BCUT2D eigenvalue weighted by molar-refractivity contribution is 5.81. The lowest BCUT2D eigenvalue weighted by Gasteiger charge is -2.13. The highest BCUT2D eigenvalue weighted by atomic mass is 16.5. The summed E-state index contributed by atoms with van der Waals surface area (Å²) in [5.74, 6) is 0.898. The average Bonchev–Trinajstić information content (AvgIpc) is 2.40. The van der Waals surface area contributed by atoms with Crippen LogP contribution in [0.2, 0.25) is 0 Å². The van der Waals surface area contributed by atoms with Crippen LogP contribution < -0.4 is 10.6 Å². The summed E-state index contributed by atoms with van der Waals surface area (Å²) in [6, 6.07) is 0.323. The molecule has 0 aromatic carbocycles. The van der Waals surface area contributed by atoms with Crippen LogP contribution in [0.25, 0.3) is 0 Å². The minimum Gasteiger partial charge on any atom is -0.383 e. The third-order valence-electron chi connectivity index (χ3n) is 1.47. The summed E-state index contributed by atoms with van der Waals surface area (Å²) in [7, 11) is 1.70. The van der Waals surface area contributed by atoms with E-state index in [9.17, 15) is 0 Å². The zero-order valence-electron chi connectivity index (χ0n) is 7.05. The number of ether oxygens (including phenoxy) is 1. The first kappa shape index (κ1) is 8.33. The van der Waals surface area contributed by atoms with Gasteiger partial charge in [-0.25, -0.2) is 0 Å². The van der Waals surface area contributed by atoms with Gasteiger partial charge in [-0.1, -0.05) is 0 Å². The molecule has 0 bridgehead atoms. The van der Waals surface area contributed by atoms with E-state index in [0.29, 0.717) is 12.6 Å². The molecule has 0 spiro atoms. The van der Waals surface area contributed by atoms with Crippen LogP contribution in [0.4, 0.5) is 0 Å². The van der Waals surface area contributed by atoms with Crippen molar-refractivity contribution >= 4 is 5.96 Å². The van der Waals surface area contributed by atoms with Crippen LogP contribution >= 0.6 is 0 Å². The van der Waals surface area contributed by atoms with Gasteiger partial charge in [-0.2, -0.15) is 0 Å². The maximum atomic E-state index is 4.97. The lowest BCUT2D eigenvalue weighted by molar-refractivity contribution is 0.179. The topological polar surface area (TPSA) is 45.6 Å². The van der Waals surface area contributed by atoms with Crippen molar-refractivity contribution in [3.8, 4) is 0 Å². The normalized spacial score (nSPS) is 18.9. The van der Waals surface area contributed by atoms with Gasteiger partial charge in [-0.15, -0.1) is 0 Å². The van der Waals surface area contributed by atoms with Crippen molar-refractivity contribution in [2.75, 3.05) is 26.8 Å². The quantitative estimate of drug-likeness (QED) is 0.584. The van der Waals surface area contributed by atoms with Crippen LogP contribution in [0.1, 0.15) is 6.92 Å². The molecule has 0 fully saturated rings. The zero-order valence-corrected chi connectivity index (χ0v) is 7.05. The highest BCUT2D eigenvalue weighted by Gasteiger charge is 2.07. The summed E-state index contributed by atoms with van der Waals surface area (Å²) in [5, 5.41) is 6.32. The minimum atomic E-state index is 0.323. The Morgan fingerprint density at radius 3 is 3.18 bits per heavy atom. The van der Waals surface area contributed by atoms with E-state index in [1.54, 1.807) is 7.11 Å². The van der Waals surface area contributed by atoms with E-state index in [1.165, 1.54) is 0 Å². The Balaban J connectivity index is 2.18. The van der Waals surface area contributed by atoms with E-state index in [-0.39, 0.29) is 0 Å². The SMILES string of the molecule is COCC(C)NC1=NCCN1. The molecule has 0 amide bonds. The highest BCUT2D eigenvalue weighted by Crippen LogP contribution is 1.86. The molecule has 1 atom stereocenters. The predicted octanol–water partition coefficient (Wildman–Crippen LogP) is -0.430. The molecule has 4 nitrogen and oxygen atoms in total. The van der Waals surface area contributed by atoms with Gasteiger partial charge in [0.2, 0.25) is 0 Å². The molecule has 2 N–H and O–H groups in total. The van der Waals surface area contributed by atoms with Gasteiger partial charge in [0, 0.05) is 19.7 Å². The summed E-state index contributed by atoms with van der Waals surface area (Å²) >= 11 is 0. The largest absolute Gasteiger partial charge is 0.383 e. The first-order valence-corrected chi connectivity index (χ1v) is 3.86. The molecule has 1 aliphatic heterocycles. The van der Waals surface area contributed by atoms with Gasteiger partial charge in [-0.3, -0.25) is 4.99 Å². The smallest absolute Gasteiger partial charge is 0.191 e. The maximum Gasteiger partial charge on any atom is 0.191 e. The van der Waals surface area contributed by atoms with E-state index in [2.05, 4.69) is 22.5 Å². The number of aliphatic imine (C=N–C) groups is 1. The Labute approximate surface area is 67.0 Å². The molecule has 64 valence electrons. The van der Waals surface area contributed by atoms with E-state index in [1.807, 2.05) is 0 Å². The van der Waals surface area contributed by atoms with E-state index in [0.717, 1.165) is 19.0 Å². The average molecular weight is 157 g/mol. The van der Waals surface area contributed by atoms with Gasteiger partial charge >= 0.3 is 0 Å². The van der Waals surface area contributed by atoms with Crippen LogP contribution in [-0.2, 0) is 4.74 Å². The molecule has 1 heterocycles. The molecule has 0 aromatic rings. The number of hydrogen-bond donors (Lipinski definition) is 2. The van der Waals surface area contributed by atoms with Crippen LogP contribution in [0.3, 0.4) is 0 Å². The van der Waals surface area contributed by atoms with Gasteiger partial charge in [0.25, 0.3) is 0 Å². The Kier molecular flexibility index (Phi) is 3.16. The number of rotatable bonds is 3. The summed E-state index contributed by atoms with van der Waals surface area (Å²) in [6.45, 7) is 4.59. The molecule has 1 aliphatic rings. The molecule has 1 rings (SSSR count). The standard InChI is InChI=1S/C7H15N3O/c1-6(5-11-2)10-7-8-3-4-9-7/h6H,3-5H2,1-2H3,(H2,8,9,10). The van der Waals surface area contributed by atoms with Gasteiger partial charge < -0.3 is 15.4 Å². The van der Waals surface area contributed by atoms with Crippen LogP contribution in [-0.4, -0.2) is 38.8 Å². The molecular weight excluding hydrogens is 142 g/mol. The molecule has 0 saturated carbocycles. The lowest BCUT2D eigenvalue weighted by atomic mass is 10.4. The molecule has 0 saturated heterocycles. The molecule has 4 heteroatoms. The second-order valence-electron chi connectivity index (χ2n) is 2.66. The summed E-state index contributed by atoms with van der Waals surface area (Å²) in [6.07, 6.45) is 0. The summed E-state index contributed by atoms with van der Waals surface area (Å²) in [4.78, 5) is 4.20. The fourth-order valence-electron chi connectivity index (χ4n) is 1.02. The van der Waals surface area contributed by atoms with Crippen molar-refractivity contribution in [3.05, 3.63) is 0 Å². The van der Waals surface area contributed by atoms with E-state index in [4.69, 9.17) is 4.74 Å². The minimum absolute atomic E-state index is 0.323. The van der Waals surface area contributed by atoms with Crippen molar-refractivity contribution in [2.24, 2.45) is 4.99 Å². The van der Waals surface area contributed by atoms with Gasteiger partial charge in [0.15, 0.2) is 5.96 Å². The second-order valence-corrected chi connectivity index (χ2v) is 2.66. The molecule has 0 aromatic heterocycles. The Morgan fingerprint density at radius 1 is 1.82 bits per heavy atom. The summed E-state index contributed by atoms with van der Waals surface area (Å²) in [5.41, 5.74) is 0. The zero-order chi connectivity index (χ0) is 8.10. The van der Waals surface area contributed by atoms with Gasteiger partial charge in [-0.05, 0) is 6.92 Å². The molecule has 11 heavy (non-hydrogen) atoms. The first-order chi connectivity index (χ1) is 5.33. The Morgan fingerprint density at radius 2 is 2.64 bits per heavy atom. The third-order valence-corrected chi connectivity index (χ3v) is 1.47. The van der Waals surface area contributed by atoms with Crippen molar-refractivity contribution in [2.45, 2.75) is 13.0 Å². The fourth-order valence-corrected chi connectivity index (χ4v) is 1.02. The number of methoxy groups -OCH3 is 1. The third kappa shape index (κ3) is 2.76. The maximum absolute atomic E-state index is 4.97. The van der Waals surface area contributed by atoms with E-state index < -0.39 is 0 Å². The molecule has 1 unspecified atom stereocenters. The number of nitrogens with zero attached hydrogens (tertiary/aromatic N) is 1. The van der Waals surface area contributed by atoms with Crippen LogP contribution in [0, 0.1) is 0 Å². The van der Waals surface area contributed by atoms with Crippen LogP contribution in [0.15, 0.2) is 4.99 Å². The van der Waals surface area contributed by atoms with Gasteiger partial charge in [0.05, 0.1) is 13.2 Å². The molecule has 0 aliphatic carbocycles. The van der Waals surface area contributed by atoms with Crippen molar-refractivity contribution < 1.29 is 4.74 Å². The fraction of sp³-hybridized carbons (Fsp3) is 0.857. The summed E-state index contributed by atoms with van der Waals surface area (Å²) < 4.78 is 4.97. The van der Waals surface area contributed by atoms with Crippen molar-refractivity contribution in [1.82, 2.24) is 10.6 Å². The lowest BCUT2D eigenvalue weighted by Crippen LogP contribution is -2.41. The predicted molar refractivity (Wildman–Crippen MR) is 44.8 cm³/mol. The van der Waals surface area contributed by atoms with Crippen LogP contribution in [0.5, 0.6) is 0 Å². The Hall–Kier alpha value is -0.770. The van der Waals surface area contributed by atoms with Gasteiger partial charge in [0.1, 0.15) is 0 Å². The number of hydrogen-bond acceptors (Lipinski definition) is 4. The second kappa shape index (κ2) is 4.18. The number of guanidine groups is 1. The first-order valence-electron chi connectivity index (χ1n) is 3.86. The Bertz CT molecular complexity index is 147. The number of nitrogens with one attached hydrogen (secondary N) is 2. The van der Waals surface area contributed by atoms with Crippen molar-refractivity contribution in [1.29, 1.82) is 0 Å². The van der Waals surface area contributed by atoms with E-state index >= 15 is 0 Å². The molecular formula is C7H15N3O. The monoisotopic (exact) mass is 157 g/mol.